The highest BCUT2D eigenvalue weighted by Crippen LogP contribution is 2.18. The minimum absolute atomic E-state index is 0.171. The van der Waals surface area contributed by atoms with Crippen LogP contribution in [0, 0.1) is 12.7 Å². The minimum atomic E-state index is -0.800. The Labute approximate surface area is 108 Å². The Morgan fingerprint density at radius 1 is 1.42 bits per heavy atom. The molecule has 0 fully saturated rings. The van der Waals surface area contributed by atoms with Crippen molar-refractivity contribution in [2.24, 2.45) is 0 Å². The molecule has 0 aliphatic heterocycles. The number of nitrogens with two attached hydrogens (primary N) is 1. The molecular formula is C13H12FN3O2. The number of nitrogen functional groups attached to an aromatic ring is 1. The normalized spacial score (nSPS) is 10.2. The number of pyridine rings is 1. The fourth-order valence-electron chi connectivity index (χ4n) is 1.59. The molecule has 98 valence electrons. The van der Waals surface area contributed by atoms with Crippen LogP contribution in [0.4, 0.5) is 15.9 Å². The van der Waals surface area contributed by atoms with E-state index in [4.69, 9.17) is 10.8 Å². The number of phenolic OH excluding ortho intramolecular Hbond substituents is 1. The fourth-order valence-corrected chi connectivity index (χ4v) is 1.59. The van der Waals surface area contributed by atoms with Gasteiger partial charge in [-0.3, -0.25) is 4.79 Å². The molecule has 6 heteroatoms. The van der Waals surface area contributed by atoms with E-state index in [9.17, 15) is 9.18 Å². The lowest BCUT2D eigenvalue weighted by Gasteiger charge is -2.08. The summed E-state index contributed by atoms with van der Waals surface area (Å²) in [5.41, 5.74) is 6.53. The lowest BCUT2D eigenvalue weighted by atomic mass is 10.2. The standard InChI is InChI=1S/C13H12FN3O2/c1-7-4-8(15)6-16-12(7)17-13(19)10-3-2-9(18)5-11(10)14/h2-6,18H,15H2,1H3,(H,16,17,19). The second-order valence-corrected chi connectivity index (χ2v) is 4.05. The summed E-state index contributed by atoms with van der Waals surface area (Å²) < 4.78 is 13.5. The Bertz CT molecular complexity index is 644. The largest absolute Gasteiger partial charge is 0.508 e. The van der Waals surface area contributed by atoms with Crippen LogP contribution in [0.15, 0.2) is 30.5 Å². The van der Waals surface area contributed by atoms with Crippen LogP contribution in [0.5, 0.6) is 5.75 Å². The first kappa shape index (κ1) is 12.8. The Hall–Kier alpha value is -2.63. The maximum Gasteiger partial charge on any atom is 0.259 e. The first-order chi connectivity index (χ1) is 8.97. The molecule has 5 nitrogen and oxygen atoms in total. The molecule has 0 bridgehead atoms. The van der Waals surface area contributed by atoms with E-state index in [1.54, 1.807) is 13.0 Å². The van der Waals surface area contributed by atoms with Gasteiger partial charge in [-0.05, 0) is 30.7 Å². The van der Waals surface area contributed by atoms with Gasteiger partial charge >= 0.3 is 0 Å². The Morgan fingerprint density at radius 3 is 2.79 bits per heavy atom. The lowest BCUT2D eigenvalue weighted by molar-refractivity contribution is 0.102. The molecular weight excluding hydrogens is 249 g/mol. The maximum absolute atomic E-state index is 13.5. The summed E-state index contributed by atoms with van der Waals surface area (Å²) in [5.74, 6) is -1.37. The molecule has 0 unspecified atom stereocenters. The van der Waals surface area contributed by atoms with Gasteiger partial charge in [0.15, 0.2) is 0 Å². The number of aryl methyl sites for hydroxylation is 1. The topological polar surface area (TPSA) is 88.2 Å². The van der Waals surface area contributed by atoms with Gasteiger partial charge in [0.2, 0.25) is 0 Å². The van der Waals surface area contributed by atoms with Gasteiger partial charge in [0.05, 0.1) is 17.4 Å². The van der Waals surface area contributed by atoms with Crippen molar-refractivity contribution in [1.82, 2.24) is 4.98 Å². The monoisotopic (exact) mass is 261 g/mol. The van der Waals surface area contributed by atoms with Crippen LogP contribution in [0.3, 0.4) is 0 Å². The van der Waals surface area contributed by atoms with Crippen LogP contribution < -0.4 is 11.1 Å². The summed E-state index contributed by atoms with van der Waals surface area (Å²) in [4.78, 5) is 15.8. The summed E-state index contributed by atoms with van der Waals surface area (Å²) in [6.45, 7) is 1.73. The first-order valence-electron chi connectivity index (χ1n) is 5.49. The highest BCUT2D eigenvalue weighted by Gasteiger charge is 2.14. The number of carbonyl (C=O) groups is 1. The van der Waals surface area contributed by atoms with E-state index in [1.807, 2.05) is 0 Å². The van der Waals surface area contributed by atoms with Crippen LogP contribution >= 0.6 is 0 Å². The van der Waals surface area contributed by atoms with Gasteiger partial charge in [-0.1, -0.05) is 0 Å². The summed E-state index contributed by atoms with van der Waals surface area (Å²) in [6.07, 6.45) is 1.40. The highest BCUT2D eigenvalue weighted by atomic mass is 19.1. The second-order valence-electron chi connectivity index (χ2n) is 4.05. The van der Waals surface area contributed by atoms with Crippen molar-refractivity contribution in [2.45, 2.75) is 6.92 Å². The van der Waals surface area contributed by atoms with Gasteiger partial charge in [0, 0.05) is 6.07 Å². The number of amides is 1. The van der Waals surface area contributed by atoms with Crippen LogP contribution in [0.25, 0.3) is 0 Å². The van der Waals surface area contributed by atoms with Crippen molar-refractivity contribution in [3.8, 4) is 5.75 Å². The van der Waals surface area contributed by atoms with Crippen LogP contribution in [0.2, 0.25) is 0 Å². The number of carbonyl (C=O) groups excluding carboxylic acids is 1. The Morgan fingerprint density at radius 2 is 2.16 bits per heavy atom. The van der Waals surface area contributed by atoms with E-state index in [-0.39, 0.29) is 11.3 Å². The summed E-state index contributed by atoms with van der Waals surface area (Å²) in [6, 6.07) is 4.96. The SMILES string of the molecule is Cc1cc(N)cnc1NC(=O)c1ccc(O)cc1F. The van der Waals surface area contributed by atoms with Gasteiger partial charge < -0.3 is 16.2 Å². The van der Waals surface area contributed by atoms with Crippen molar-refractivity contribution in [3.05, 3.63) is 47.4 Å². The molecule has 0 aliphatic rings. The van der Waals surface area contributed by atoms with E-state index in [2.05, 4.69) is 10.3 Å². The number of hydrogen-bond acceptors (Lipinski definition) is 4. The second kappa shape index (κ2) is 4.93. The maximum atomic E-state index is 13.5. The smallest absolute Gasteiger partial charge is 0.259 e. The number of benzene rings is 1. The number of aromatic nitrogens is 1. The van der Waals surface area contributed by atoms with Crippen molar-refractivity contribution >= 4 is 17.4 Å². The van der Waals surface area contributed by atoms with E-state index in [0.717, 1.165) is 6.07 Å². The molecule has 0 atom stereocenters. The van der Waals surface area contributed by atoms with Crippen LogP contribution in [0.1, 0.15) is 15.9 Å². The summed E-state index contributed by atoms with van der Waals surface area (Å²) in [7, 11) is 0. The Balaban J connectivity index is 2.25. The molecule has 2 rings (SSSR count). The average molecular weight is 261 g/mol. The zero-order chi connectivity index (χ0) is 14.0. The van der Waals surface area contributed by atoms with E-state index >= 15 is 0 Å². The van der Waals surface area contributed by atoms with Crippen LogP contribution in [-0.4, -0.2) is 16.0 Å². The number of aromatic hydroxyl groups is 1. The van der Waals surface area contributed by atoms with E-state index in [1.165, 1.54) is 18.3 Å². The lowest BCUT2D eigenvalue weighted by Crippen LogP contribution is -2.15. The molecule has 1 heterocycles. The first-order valence-corrected chi connectivity index (χ1v) is 5.49. The molecule has 0 radical (unpaired) electrons. The van der Waals surface area contributed by atoms with Gasteiger partial charge in [0.1, 0.15) is 17.4 Å². The third-order valence-corrected chi connectivity index (χ3v) is 2.53. The highest BCUT2D eigenvalue weighted by molar-refractivity contribution is 6.04. The number of rotatable bonds is 2. The number of anilines is 2. The zero-order valence-electron chi connectivity index (χ0n) is 10.1. The number of halogens is 1. The summed E-state index contributed by atoms with van der Waals surface area (Å²) in [5, 5.41) is 11.6. The molecule has 1 amide bonds. The van der Waals surface area contributed by atoms with E-state index < -0.39 is 11.7 Å². The van der Waals surface area contributed by atoms with E-state index in [0.29, 0.717) is 17.1 Å². The molecule has 0 aliphatic carbocycles. The predicted octanol–water partition coefficient (Wildman–Crippen LogP) is 2.07. The third kappa shape index (κ3) is 2.79. The molecule has 0 spiro atoms. The summed E-state index contributed by atoms with van der Waals surface area (Å²) >= 11 is 0. The van der Waals surface area contributed by atoms with Gasteiger partial charge in [-0.2, -0.15) is 0 Å². The van der Waals surface area contributed by atoms with Crippen molar-refractivity contribution < 1.29 is 14.3 Å². The molecule has 0 saturated heterocycles. The number of hydrogen-bond donors (Lipinski definition) is 3. The van der Waals surface area contributed by atoms with Gasteiger partial charge in [0.25, 0.3) is 5.91 Å². The van der Waals surface area contributed by atoms with Crippen molar-refractivity contribution in [1.29, 1.82) is 0 Å². The molecule has 0 saturated carbocycles. The Kier molecular flexibility index (Phi) is 3.33. The predicted molar refractivity (Wildman–Crippen MR) is 69.4 cm³/mol. The molecule has 2 aromatic rings. The third-order valence-electron chi connectivity index (χ3n) is 2.53. The van der Waals surface area contributed by atoms with Gasteiger partial charge in [-0.15, -0.1) is 0 Å². The average Bonchev–Trinajstić information content (AvgIpc) is 2.32. The van der Waals surface area contributed by atoms with Crippen molar-refractivity contribution in [3.63, 3.8) is 0 Å². The fraction of sp³-hybridized carbons (Fsp3) is 0.0769. The minimum Gasteiger partial charge on any atom is -0.508 e. The number of phenols is 1. The van der Waals surface area contributed by atoms with Crippen molar-refractivity contribution in [2.75, 3.05) is 11.1 Å². The zero-order valence-corrected chi connectivity index (χ0v) is 10.1. The molecule has 1 aromatic carbocycles. The van der Waals surface area contributed by atoms with Gasteiger partial charge in [-0.25, -0.2) is 9.37 Å². The quantitative estimate of drug-likeness (QED) is 0.772. The van der Waals surface area contributed by atoms with Crippen LogP contribution in [-0.2, 0) is 0 Å². The molecule has 4 N–H and O–H groups in total. The number of nitrogens with one attached hydrogen (secondary N) is 1. The number of nitrogens with zero attached hydrogens (tertiary/aromatic N) is 1. The molecule has 1 aromatic heterocycles. The molecule has 19 heavy (non-hydrogen) atoms.